The normalized spacial score (nSPS) is 13.6. The molecule has 0 unspecified atom stereocenters. The van der Waals surface area contributed by atoms with Crippen LogP contribution in [0.5, 0.6) is 0 Å². The van der Waals surface area contributed by atoms with Gasteiger partial charge >= 0.3 is 6.03 Å². The van der Waals surface area contributed by atoms with Crippen LogP contribution in [0.25, 0.3) is 0 Å². The number of carbonyl (C=O) groups is 3. The maximum Gasteiger partial charge on any atom is 0.342 e. The van der Waals surface area contributed by atoms with Crippen molar-refractivity contribution in [3.05, 3.63) is 58.7 Å². The molecule has 0 N–H and O–H groups in total. The fourth-order valence-corrected chi connectivity index (χ4v) is 4.87. The molecule has 3 aromatic carbocycles. The molecular weight excluding hydrogens is 628 g/mol. The Labute approximate surface area is 268 Å². The standard InChI is InChI=1S/C31H16N8O9/c1-16-22(32-10-40)4-19(5-23(16)33-11-41)28-29(46)38(20-6-24(34-12-42)17(2)25(7-20)35-13-43)31(48)39(30(28)47)21-8-26(36-14-44)18(3)27(9-21)37-15-45/h4-9,28H,1-3H3. The predicted molar refractivity (Wildman–Crippen MR) is 163 cm³/mol. The van der Waals surface area contributed by atoms with Crippen molar-refractivity contribution < 1.29 is 43.2 Å². The van der Waals surface area contributed by atoms with Crippen molar-refractivity contribution in [1.82, 2.24) is 0 Å². The number of hydrogen-bond donors (Lipinski definition) is 0. The summed E-state index contributed by atoms with van der Waals surface area (Å²) < 4.78 is 0. The van der Waals surface area contributed by atoms with Gasteiger partial charge in [-0.25, -0.2) is 43.4 Å². The number of nitrogens with zero attached hydrogens (tertiary/aromatic N) is 8. The van der Waals surface area contributed by atoms with E-state index in [1.807, 2.05) is 0 Å². The third-order valence-corrected chi connectivity index (χ3v) is 7.21. The number of barbiturate groups is 1. The molecule has 4 rings (SSSR count). The highest BCUT2D eigenvalue weighted by Crippen LogP contribution is 2.43. The Morgan fingerprint density at radius 3 is 0.958 bits per heavy atom. The van der Waals surface area contributed by atoms with E-state index >= 15 is 0 Å². The summed E-state index contributed by atoms with van der Waals surface area (Å²) >= 11 is 0. The van der Waals surface area contributed by atoms with Crippen LogP contribution in [0.1, 0.15) is 28.2 Å². The molecule has 1 fully saturated rings. The van der Waals surface area contributed by atoms with Crippen molar-refractivity contribution in [3.8, 4) is 0 Å². The lowest BCUT2D eigenvalue weighted by molar-refractivity contribution is -0.129. The zero-order valence-electron chi connectivity index (χ0n) is 24.8. The molecule has 0 saturated carbocycles. The molecule has 0 spiro atoms. The van der Waals surface area contributed by atoms with Gasteiger partial charge in [0.15, 0.2) is 0 Å². The van der Waals surface area contributed by atoms with Crippen molar-refractivity contribution in [3.63, 3.8) is 0 Å². The molecular formula is C31H16N8O9. The van der Waals surface area contributed by atoms with Gasteiger partial charge in [0.1, 0.15) is 5.92 Å². The number of hydrogen-bond acceptors (Lipinski definition) is 15. The van der Waals surface area contributed by atoms with E-state index in [1.165, 1.54) is 57.3 Å². The van der Waals surface area contributed by atoms with Gasteiger partial charge in [-0.1, -0.05) is 0 Å². The number of urea groups is 1. The maximum atomic E-state index is 14.2. The molecule has 48 heavy (non-hydrogen) atoms. The van der Waals surface area contributed by atoms with E-state index in [-0.39, 0.29) is 67.8 Å². The molecule has 4 amide bonds. The fourth-order valence-electron chi connectivity index (χ4n) is 4.87. The smallest absolute Gasteiger partial charge is 0.273 e. The minimum atomic E-state index is -1.93. The van der Waals surface area contributed by atoms with Crippen LogP contribution in [0, 0.1) is 20.8 Å². The van der Waals surface area contributed by atoms with Crippen LogP contribution in [-0.4, -0.2) is 54.3 Å². The molecule has 0 aliphatic carbocycles. The predicted octanol–water partition coefficient (Wildman–Crippen LogP) is 4.70. The van der Waals surface area contributed by atoms with Crippen LogP contribution in [-0.2, 0) is 38.4 Å². The van der Waals surface area contributed by atoms with Gasteiger partial charge in [-0.05, 0) is 62.7 Å². The lowest BCUT2D eigenvalue weighted by atomic mass is 9.91. The molecule has 3 aromatic rings. The van der Waals surface area contributed by atoms with Gasteiger partial charge in [-0.15, -0.1) is 0 Å². The lowest BCUT2D eigenvalue weighted by Gasteiger charge is -2.37. The van der Waals surface area contributed by atoms with Crippen LogP contribution < -0.4 is 9.80 Å². The first-order chi connectivity index (χ1) is 23.1. The van der Waals surface area contributed by atoms with Gasteiger partial charge in [0.25, 0.3) is 11.8 Å². The molecule has 17 heteroatoms. The van der Waals surface area contributed by atoms with E-state index in [4.69, 9.17) is 0 Å². The Morgan fingerprint density at radius 2 is 0.708 bits per heavy atom. The number of benzene rings is 3. The topological polar surface area (TPSA) is 234 Å². The maximum absolute atomic E-state index is 14.2. The van der Waals surface area contributed by atoms with Crippen molar-refractivity contribution in [2.45, 2.75) is 26.7 Å². The number of rotatable bonds is 9. The molecule has 0 bridgehead atoms. The summed E-state index contributed by atoms with van der Waals surface area (Å²) in [5.41, 5.74) is -1.20. The van der Waals surface area contributed by atoms with E-state index in [1.54, 1.807) is 0 Å². The number of carbonyl (C=O) groups excluding carboxylic acids is 9. The molecule has 1 heterocycles. The van der Waals surface area contributed by atoms with E-state index in [2.05, 4.69) is 30.0 Å². The average molecular weight is 645 g/mol. The van der Waals surface area contributed by atoms with E-state index in [0.717, 1.165) is 36.4 Å². The van der Waals surface area contributed by atoms with E-state index in [0.29, 0.717) is 9.80 Å². The lowest BCUT2D eigenvalue weighted by Crippen LogP contribution is -2.59. The minimum absolute atomic E-state index is 0.131. The summed E-state index contributed by atoms with van der Waals surface area (Å²) in [6.45, 7) is 4.30. The second kappa shape index (κ2) is 14.1. The molecule has 234 valence electrons. The third kappa shape index (κ3) is 6.08. The van der Waals surface area contributed by atoms with Crippen molar-refractivity contribution >= 4 is 99.8 Å². The number of anilines is 2. The molecule has 0 radical (unpaired) electrons. The van der Waals surface area contributed by atoms with Crippen molar-refractivity contribution in [2.75, 3.05) is 9.80 Å². The molecule has 0 aromatic heterocycles. The molecule has 1 aliphatic rings. The van der Waals surface area contributed by atoms with Crippen molar-refractivity contribution in [2.24, 2.45) is 30.0 Å². The zero-order valence-corrected chi connectivity index (χ0v) is 24.8. The van der Waals surface area contributed by atoms with Crippen LogP contribution in [0.15, 0.2) is 66.4 Å². The Hall–Kier alpha value is -7.45. The molecule has 1 aliphatic heterocycles. The Morgan fingerprint density at radius 1 is 0.458 bits per heavy atom. The highest BCUT2D eigenvalue weighted by atomic mass is 16.2. The third-order valence-electron chi connectivity index (χ3n) is 7.21. The fraction of sp³-hybridized carbons (Fsp3) is 0.129. The van der Waals surface area contributed by atoms with Crippen LogP contribution in [0.3, 0.4) is 0 Å². The van der Waals surface area contributed by atoms with Crippen LogP contribution in [0.2, 0.25) is 0 Å². The summed E-state index contributed by atoms with van der Waals surface area (Å²) in [6.07, 6.45) is 7.94. The van der Waals surface area contributed by atoms with Gasteiger partial charge < -0.3 is 0 Å². The highest BCUT2D eigenvalue weighted by molar-refractivity contribution is 6.38. The first-order valence-electron chi connectivity index (χ1n) is 13.2. The van der Waals surface area contributed by atoms with Crippen LogP contribution in [0.4, 0.5) is 50.3 Å². The van der Waals surface area contributed by atoms with Gasteiger partial charge in [-0.3, -0.25) is 9.59 Å². The zero-order chi connectivity index (χ0) is 35.1. The van der Waals surface area contributed by atoms with Gasteiger partial charge in [0.05, 0.1) is 45.5 Å². The average Bonchev–Trinajstić information content (AvgIpc) is 3.04. The second-order valence-electron chi connectivity index (χ2n) is 9.68. The monoisotopic (exact) mass is 644 g/mol. The Balaban J connectivity index is 2.13. The second-order valence-corrected chi connectivity index (χ2v) is 9.68. The summed E-state index contributed by atoms with van der Waals surface area (Å²) in [7, 11) is 0. The first kappa shape index (κ1) is 33.4. The largest absolute Gasteiger partial charge is 0.342 e. The van der Waals surface area contributed by atoms with Crippen LogP contribution >= 0.6 is 0 Å². The summed E-state index contributed by atoms with van der Waals surface area (Å²) in [6, 6.07) is 5.47. The summed E-state index contributed by atoms with van der Waals surface area (Å²) in [4.78, 5) is 132. The highest BCUT2D eigenvalue weighted by Gasteiger charge is 2.49. The Bertz CT molecular complexity index is 1860. The number of isocyanates is 6. The molecule has 17 nitrogen and oxygen atoms in total. The van der Waals surface area contributed by atoms with Crippen molar-refractivity contribution in [1.29, 1.82) is 0 Å². The Kier molecular flexibility index (Phi) is 9.83. The summed E-state index contributed by atoms with van der Waals surface area (Å²) in [5.74, 6) is -4.32. The summed E-state index contributed by atoms with van der Waals surface area (Å²) in [5, 5.41) is 0. The first-order valence-corrected chi connectivity index (χ1v) is 13.2. The molecule has 0 atom stereocenters. The van der Waals surface area contributed by atoms with Gasteiger partial charge in [-0.2, -0.15) is 30.0 Å². The van der Waals surface area contributed by atoms with Gasteiger partial charge in [0.2, 0.25) is 36.5 Å². The SMILES string of the molecule is Cc1c(N=C=O)cc(C2C(=O)N(c3cc(N=C=O)c(C)c(N=C=O)c3)C(=O)N(c3cc(N=C=O)c(C)c(N=C=O)c3)C2=O)cc1N=C=O. The quantitative estimate of drug-likeness (QED) is 0.178. The number of imide groups is 2. The number of aliphatic imine (C=N–C) groups is 6. The van der Waals surface area contributed by atoms with E-state index in [9.17, 15) is 43.2 Å². The number of amides is 4. The van der Waals surface area contributed by atoms with E-state index < -0.39 is 23.8 Å². The molecule has 1 saturated heterocycles. The van der Waals surface area contributed by atoms with Gasteiger partial charge in [0, 0.05) is 16.7 Å². The minimum Gasteiger partial charge on any atom is -0.273 e.